The first-order valence-corrected chi connectivity index (χ1v) is 8.70. The number of fused-ring (bicyclic) bond motifs is 1. The molecule has 0 saturated carbocycles. The van der Waals surface area contributed by atoms with Crippen LogP contribution >= 0.6 is 0 Å². The fraction of sp³-hybridized carbons (Fsp3) is 0.500. The molecule has 6 heteroatoms. The van der Waals surface area contributed by atoms with E-state index in [1.807, 2.05) is 39.0 Å². The Hall–Kier alpha value is -2.50. The number of hydrogen-bond acceptors (Lipinski definition) is 5. The van der Waals surface area contributed by atoms with Gasteiger partial charge in [-0.1, -0.05) is 39.0 Å². The summed E-state index contributed by atoms with van der Waals surface area (Å²) in [6, 6.07) is 5.60. The Morgan fingerprint density at radius 1 is 1.19 bits per heavy atom. The third-order valence-corrected chi connectivity index (χ3v) is 5.47. The number of cyclic esters (lactones) is 2. The Morgan fingerprint density at radius 3 is 2.38 bits per heavy atom. The van der Waals surface area contributed by atoms with Crippen LogP contribution in [0.15, 0.2) is 18.2 Å². The highest BCUT2D eigenvalue weighted by atomic mass is 16.6. The normalized spacial score (nSPS) is 28.4. The van der Waals surface area contributed by atoms with Gasteiger partial charge in [-0.2, -0.15) is 0 Å². The lowest BCUT2D eigenvalue weighted by Crippen LogP contribution is -2.34. The van der Waals surface area contributed by atoms with Crippen molar-refractivity contribution in [2.75, 3.05) is 0 Å². The van der Waals surface area contributed by atoms with Crippen LogP contribution in [0.2, 0.25) is 0 Å². The van der Waals surface area contributed by atoms with Gasteiger partial charge < -0.3 is 14.6 Å². The summed E-state index contributed by atoms with van der Waals surface area (Å²) in [5.74, 6) is -4.99. The quantitative estimate of drug-likeness (QED) is 0.507. The molecule has 3 rings (SSSR count). The smallest absolute Gasteiger partial charge is 0.317 e. The number of aliphatic carboxylic acids is 1. The van der Waals surface area contributed by atoms with Crippen molar-refractivity contribution in [2.24, 2.45) is 11.8 Å². The molecular weight excluding hydrogens is 336 g/mol. The molecule has 26 heavy (non-hydrogen) atoms. The molecular formula is C20H22O6. The first kappa shape index (κ1) is 18.3. The summed E-state index contributed by atoms with van der Waals surface area (Å²) in [6.45, 7) is 6.07. The molecule has 6 nitrogen and oxygen atoms in total. The van der Waals surface area contributed by atoms with Gasteiger partial charge in [0, 0.05) is 5.92 Å². The van der Waals surface area contributed by atoms with Gasteiger partial charge in [0.05, 0.1) is 18.3 Å². The van der Waals surface area contributed by atoms with Crippen molar-refractivity contribution < 1.29 is 29.0 Å². The Bertz CT molecular complexity index is 788. The molecule has 2 aliphatic rings. The van der Waals surface area contributed by atoms with E-state index in [0.29, 0.717) is 11.8 Å². The Kier molecular flexibility index (Phi) is 4.46. The second kappa shape index (κ2) is 6.34. The largest absolute Gasteiger partial charge is 0.481 e. The molecule has 1 aliphatic carbocycles. The van der Waals surface area contributed by atoms with Crippen molar-refractivity contribution in [1.82, 2.24) is 0 Å². The van der Waals surface area contributed by atoms with Crippen LogP contribution in [0.1, 0.15) is 62.1 Å². The summed E-state index contributed by atoms with van der Waals surface area (Å²) >= 11 is 0. The molecule has 1 aromatic rings. The van der Waals surface area contributed by atoms with Crippen molar-refractivity contribution in [3.8, 4) is 0 Å². The van der Waals surface area contributed by atoms with Gasteiger partial charge in [0.15, 0.2) is 0 Å². The fourth-order valence-electron chi connectivity index (χ4n) is 4.07. The predicted octanol–water partition coefficient (Wildman–Crippen LogP) is 2.54. The average molecular weight is 358 g/mol. The van der Waals surface area contributed by atoms with E-state index >= 15 is 0 Å². The number of ether oxygens (including phenoxy) is 1. The molecule has 1 N–H and O–H groups in total. The first-order chi connectivity index (χ1) is 12.1. The molecule has 1 saturated heterocycles. The van der Waals surface area contributed by atoms with E-state index in [-0.39, 0.29) is 18.3 Å². The van der Waals surface area contributed by atoms with Crippen LogP contribution in [0.4, 0.5) is 0 Å². The number of carbonyl (C=O) groups is 4. The van der Waals surface area contributed by atoms with E-state index in [1.54, 1.807) is 0 Å². The van der Waals surface area contributed by atoms with Crippen LogP contribution in [0.3, 0.4) is 0 Å². The van der Waals surface area contributed by atoms with Crippen LogP contribution in [0.25, 0.3) is 0 Å². The topological polar surface area (TPSA) is 97.7 Å². The van der Waals surface area contributed by atoms with Crippen LogP contribution < -0.4 is 0 Å². The van der Waals surface area contributed by atoms with E-state index in [1.165, 1.54) is 0 Å². The van der Waals surface area contributed by atoms with E-state index in [0.717, 1.165) is 11.1 Å². The summed E-state index contributed by atoms with van der Waals surface area (Å²) in [5.41, 5.74) is 2.05. The van der Waals surface area contributed by atoms with Gasteiger partial charge in [0.2, 0.25) is 0 Å². The van der Waals surface area contributed by atoms with Crippen molar-refractivity contribution >= 4 is 24.2 Å². The summed E-state index contributed by atoms with van der Waals surface area (Å²) in [7, 11) is 0. The molecule has 1 aromatic carbocycles. The molecule has 1 heterocycles. The number of aldehydes is 1. The average Bonchev–Trinajstić information content (AvgIpc) is 2.89. The Balaban J connectivity index is 2.15. The van der Waals surface area contributed by atoms with Gasteiger partial charge in [0.25, 0.3) is 0 Å². The number of rotatable bonds is 3. The number of carbonyl (C=O) groups excluding carboxylic acids is 3. The van der Waals surface area contributed by atoms with Crippen molar-refractivity contribution in [1.29, 1.82) is 0 Å². The lowest BCUT2D eigenvalue weighted by molar-refractivity contribution is -0.153. The third-order valence-electron chi connectivity index (χ3n) is 5.47. The SMILES string of the molecule is CC(C)(C)c1ccc2c(c1)C(C(=O)O)C(C=O)CC2C1CC(=O)OC1=O. The predicted molar refractivity (Wildman–Crippen MR) is 91.6 cm³/mol. The van der Waals surface area contributed by atoms with E-state index in [4.69, 9.17) is 0 Å². The number of esters is 2. The van der Waals surface area contributed by atoms with Crippen molar-refractivity contribution in [3.63, 3.8) is 0 Å². The Labute approximate surface area is 151 Å². The highest BCUT2D eigenvalue weighted by Crippen LogP contribution is 2.48. The lowest BCUT2D eigenvalue weighted by Gasteiger charge is -2.36. The maximum Gasteiger partial charge on any atom is 0.317 e. The lowest BCUT2D eigenvalue weighted by atomic mass is 9.65. The molecule has 4 unspecified atom stereocenters. The molecule has 4 atom stereocenters. The summed E-state index contributed by atoms with van der Waals surface area (Å²) in [4.78, 5) is 47.1. The van der Waals surface area contributed by atoms with Crippen molar-refractivity contribution in [3.05, 3.63) is 34.9 Å². The summed E-state index contributed by atoms with van der Waals surface area (Å²) in [6.07, 6.45) is 0.837. The number of carboxylic acids is 1. The minimum atomic E-state index is -1.06. The maximum atomic E-state index is 12.1. The van der Waals surface area contributed by atoms with E-state index < -0.39 is 41.6 Å². The molecule has 138 valence electrons. The number of carboxylic acid groups (broad SMARTS) is 1. The van der Waals surface area contributed by atoms with Gasteiger partial charge in [-0.3, -0.25) is 14.4 Å². The molecule has 0 amide bonds. The molecule has 0 bridgehead atoms. The highest BCUT2D eigenvalue weighted by Gasteiger charge is 2.47. The number of benzene rings is 1. The first-order valence-electron chi connectivity index (χ1n) is 8.70. The molecule has 0 radical (unpaired) electrons. The van der Waals surface area contributed by atoms with E-state index in [9.17, 15) is 24.3 Å². The summed E-state index contributed by atoms with van der Waals surface area (Å²) in [5, 5.41) is 9.72. The summed E-state index contributed by atoms with van der Waals surface area (Å²) < 4.78 is 4.68. The molecule has 1 fully saturated rings. The van der Waals surface area contributed by atoms with Crippen LogP contribution in [-0.4, -0.2) is 29.3 Å². The number of hydrogen-bond donors (Lipinski definition) is 1. The van der Waals surface area contributed by atoms with Gasteiger partial charge in [-0.15, -0.1) is 0 Å². The van der Waals surface area contributed by atoms with Gasteiger partial charge in [0.1, 0.15) is 6.29 Å². The zero-order valence-electron chi connectivity index (χ0n) is 15.0. The van der Waals surface area contributed by atoms with Crippen LogP contribution in [-0.2, 0) is 29.3 Å². The monoisotopic (exact) mass is 358 g/mol. The van der Waals surface area contributed by atoms with Gasteiger partial charge in [-0.25, -0.2) is 0 Å². The minimum absolute atomic E-state index is 0.0344. The van der Waals surface area contributed by atoms with Crippen molar-refractivity contribution in [2.45, 2.75) is 50.9 Å². The molecule has 0 aromatic heterocycles. The van der Waals surface area contributed by atoms with Crippen LogP contribution in [0, 0.1) is 11.8 Å². The second-order valence-corrected chi connectivity index (χ2v) is 8.16. The standard InChI is InChI=1S/C20H22O6/c1-20(2,3)11-4-5-12-13(15-8-16(22)26-19(15)25)6-10(9-21)17(18(23)24)14(12)7-11/h4-5,7,9-10,13,15,17H,6,8H2,1-3H3,(H,23,24). The molecule has 0 spiro atoms. The maximum absolute atomic E-state index is 12.1. The van der Waals surface area contributed by atoms with Crippen LogP contribution in [0.5, 0.6) is 0 Å². The van der Waals surface area contributed by atoms with Gasteiger partial charge in [-0.05, 0) is 34.4 Å². The minimum Gasteiger partial charge on any atom is -0.481 e. The zero-order valence-corrected chi connectivity index (χ0v) is 15.0. The third kappa shape index (κ3) is 3.04. The Morgan fingerprint density at radius 2 is 1.88 bits per heavy atom. The zero-order chi connectivity index (χ0) is 19.2. The fourth-order valence-corrected chi connectivity index (χ4v) is 4.07. The second-order valence-electron chi connectivity index (χ2n) is 8.16. The van der Waals surface area contributed by atoms with Gasteiger partial charge >= 0.3 is 17.9 Å². The van der Waals surface area contributed by atoms with E-state index in [2.05, 4.69) is 4.74 Å². The molecule has 1 aliphatic heterocycles. The highest BCUT2D eigenvalue weighted by molar-refractivity contribution is 5.95.